The number of benzene rings is 2. The van der Waals surface area contributed by atoms with E-state index in [9.17, 15) is 4.79 Å². The van der Waals surface area contributed by atoms with Crippen LogP contribution in [0.5, 0.6) is 11.5 Å². The van der Waals surface area contributed by atoms with Crippen LogP contribution in [0, 0.1) is 0 Å². The fraction of sp³-hybridized carbons (Fsp3) is 0.250. The molecule has 0 radical (unpaired) electrons. The summed E-state index contributed by atoms with van der Waals surface area (Å²) in [6.45, 7) is 2.00. The van der Waals surface area contributed by atoms with Gasteiger partial charge < -0.3 is 19.3 Å². The first-order valence-electron chi connectivity index (χ1n) is 8.76. The molecular weight excluding hydrogens is 426 g/mol. The molecule has 0 aliphatic rings. The van der Waals surface area contributed by atoms with Gasteiger partial charge >= 0.3 is 0 Å². The van der Waals surface area contributed by atoms with Crippen molar-refractivity contribution in [3.8, 4) is 22.9 Å². The van der Waals surface area contributed by atoms with Crippen LogP contribution in [0.2, 0.25) is 0 Å². The average molecular weight is 446 g/mol. The Bertz CT molecular complexity index is 944. The van der Waals surface area contributed by atoms with Crippen molar-refractivity contribution in [3.05, 3.63) is 58.9 Å². The second-order valence-electron chi connectivity index (χ2n) is 5.93. The summed E-state index contributed by atoms with van der Waals surface area (Å²) in [5.74, 6) is 1.76. The summed E-state index contributed by atoms with van der Waals surface area (Å²) in [5.41, 5.74) is 0.823. The summed E-state index contributed by atoms with van der Waals surface area (Å²) in [5, 5.41) is 6.73. The van der Waals surface area contributed by atoms with Gasteiger partial charge in [-0.1, -0.05) is 46.2 Å². The highest BCUT2D eigenvalue weighted by molar-refractivity contribution is 9.10. The van der Waals surface area contributed by atoms with Gasteiger partial charge in [-0.3, -0.25) is 4.79 Å². The topological polar surface area (TPSA) is 86.5 Å². The molecule has 0 fully saturated rings. The standard InChI is InChI=1S/C20H20BrN3O4/c1-3-17(27-16-9-5-8-15(11-16)26-2)20(25)22-12-18-23-19(24-28-18)13-6-4-7-14(21)10-13/h4-11,17H,3,12H2,1-2H3,(H,22,25)/t17-/m1/s1. The van der Waals surface area contributed by atoms with Crippen LogP contribution in [0.3, 0.4) is 0 Å². The molecule has 3 aromatic rings. The van der Waals surface area contributed by atoms with Crippen LogP contribution >= 0.6 is 15.9 Å². The highest BCUT2D eigenvalue weighted by Crippen LogP contribution is 2.21. The molecule has 1 heterocycles. The summed E-state index contributed by atoms with van der Waals surface area (Å²) in [6.07, 6.45) is -0.129. The number of halogens is 1. The quantitative estimate of drug-likeness (QED) is 0.564. The van der Waals surface area contributed by atoms with Crippen molar-refractivity contribution in [2.75, 3.05) is 7.11 Å². The van der Waals surface area contributed by atoms with E-state index in [-0.39, 0.29) is 12.5 Å². The van der Waals surface area contributed by atoms with Gasteiger partial charge in [0.05, 0.1) is 13.7 Å². The number of carbonyl (C=O) groups excluding carboxylic acids is 1. The third-order valence-electron chi connectivity index (χ3n) is 3.95. The van der Waals surface area contributed by atoms with Crippen LogP contribution in [0.4, 0.5) is 0 Å². The number of carbonyl (C=O) groups is 1. The average Bonchev–Trinajstić information content (AvgIpc) is 3.19. The van der Waals surface area contributed by atoms with Gasteiger partial charge in [0.25, 0.3) is 5.91 Å². The van der Waals surface area contributed by atoms with Gasteiger partial charge in [-0.05, 0) is 30.7 Å². The van der Waals surface area contributed by atoms with Crippen molar-refractivity contribution in [1.29, 1.82) is 0 Å². The fourth-order valence-corrected chi connectivity index (χ4v) is 2.91. The zero-order valence-corrected chi connectivity index (χ0v) is 17.1. The minimum absolute atomic E-state index is 0.123. The highest BCUT2D eigenvalue weighted by atomic mass is 79.9. The number of methoxy groups -OCH3 is 1. The SMILES string of the molecule is CC[C@@H](Oc1cccc(OC)c1)C(=O)NCc1nc(-c2cccc(Br)c2)no1. The Hall–Kier alpha value is -2.87. The van der Waals surface area contributed by atoms with Gasteiger partial charge in [0.1, 0.15) is 11.5 Å². The van der Waals surface area contributed by atoms with E-state index in [2.05, 4.69) is 31.4 Å². The lowest BCUT2D eigenvalue weighted by Crippen LogP contribution is -2.37. The molecule has 0 aliphatic carbocycles. The number of rotatable bonds is 8. The summed E-state index contributed by atoms with van der Waals surface area (Å²) < 4.78 is 17.1. The normalized spacial score (nSPS) is 11.7. The Balaban J connectivity index is 1.59. The van der Waals surface area contributed by atoms with Gasteiger partial charge in [-0.15, -0.1) is 0 Å². The molecule has 0 aliphatic heterocycles. The van der Waals surface area contributed by atoms with Crippen LogP contribution in [0.25, 0.3) is 11.4 Å². The van der Waals surface area contributed by atoms with Gasteiger partial charge in [0, 0.05) is 16.1 Å². The molecule has 0 saturated heterocycles. The first-order chi connectivity index (χ1) is 13.6. The molecule has 7 nitrogen and oxygen atoms in total. The molecule has 1 amide bonds. The maximum Gasteiger partial charge on any atom is 0.261 e. The lowest BCUT2D eigenvalue weighted by atomic mass is 10.2. The van der Waals surface area contributed by atoms with E-state index < -0.39 is 6.10 Å². The second-order valence-corrected chi connectivity index (χ2v) is 6.85. The number of hydrogen-bond donors (Lipinski definition) is 1. The van der Waals surface area contributed by atoms with Crippen molar-refractivity contribution < 1.29 is 18.8 Å². The molecular formula is C20H20BrN3O4. The Morgan fingerprint density at radius 2 is 2.00 bits per heavy atom. The third kappa shape index (κ3) is 5.10. The molecule has 2 aromatic carbocycles. The number of nitrogens with one attached hydrogen (secondary N) is 1. The van der Waals surface area contributed by atoms with E-state index >= 15 is 0 Å². The molecule has 1 N–H and O–H groups in total. The summed E-state index contributed by atoms with van der Waals surface area (Å²) >= 11 is 3.41. The van der Waals surface area contributed by atoms with Gasteiger partial charge in [0.15, 0.2) is 6.10 Å². The molecule has 8 heteroatoms. The smallest absolute Gasteiger partial charge is 0.261 e. The Kier molecular flexibility index (Phi) is 6.65. The lowest BCUT2D eigenvalue weighted by molar-refractivity contribution is -0.128. The van der Waals surface area contributed by atoms with Gasteiger partial charge in [0.2, 0.25) is 11.7 Å². The van der Waals surface area contributed by atoms with Crippen LogP contribution in [-0.2, 0) is 11.3 Å². The molecule has 3 rings (SSSR count). The van der Waals surface area contributed by atoms with E-state index in [1.807, 2.05) is 37.3 Å². The van der Waals surface area contributed by atoms with Gasteiger partial charge in [-0.2, -0.15) is 4.98 Å². The van der Waals surface area contributed by atoms with Crippen molar-refractivity contribution >= 4 is 21.8 Å². The molecule has 0 bridgehead atoms. The Labute approximate surface area is 171 Å². The third-order valence-corrected chi connectivity index (χ3v) is 4.44. The first kappa shape index (κ1) is 19.9. The monoisotopic (exact) mass is 445 g/mol. The molecule has 1 aromatic heterocycles. The van der Waals surface area contributed by atoms with Crippen LogP contribution in [0.15, 0.2) is 57.5 Å². The molecule has 146 valence electrons. The van der Waals surface area contributed by atoms with Gasteiger partial charge in [-0.25, -0.2) is 0 Å². The number of hydrogen-bond acceptors (Lipinski definition) is 6. The van der Waals surface area contributed by atoms with E-state index in [1.54, 1.807) is 25.3 Å². The van der Waals surface area contributed by atoms with Crippen molar-refractivity contribution in [1.82, 2.24) is 15.5 Å². The fourth-order valence-electron chi connectivity index (χ4n) is 2.51. The maximum atomic E-state index is 12.5. The number of ether oxygens (including phenoxy) is 2. The number of nitrogens with zero attached hydrogens (tertiary/aromatic N) is 2. The van der Waals surface area contributed by atoms with Crippen LogP contribution in [-0.4, -0.2) is 29.3 Å². The zero-order valence-electron chi connectivity index (χ0n) is 15.5. The van der Waals surface area contributed by atoms with Crippen molar-refractivity contribution in [2.45, 2.75) is 26.0 Å². The molecule has 0 unspecified atom stereocenters. The van der Waals surface area contributed by atoms with E-state index in [0.29, 0.717) is 29.6 Å². The first-order valence-corrected chi connectivity index (χ1v) is 9.55. The summed E-state index contributed by atoms with van der Waals surface area (Å²) in [4.78, 5) is 16.8. The van der Waals surface area contributed by atoms with Crippen molar-refractivity contribution in [3.63, 3.8) is 0 Å². The summed E-state index contributed by atoms with van der Waals surface area (Å²) in [7, 11) is 1.58. The lowest BCUT2D eigenvalue weighted by Gasteiger charge is -2.17. The number of aromatic nitrogens is 2. The predicted molar refractivity (Wildman–Crippen MR) is 107 cm³/mol. The molecule has 0 saturated carbocycles. The second kappa shape index (κ2) is 9.36. The van der Waals surface area contributed by atoms with E-state index in [1.165, 1.54) is 0 Å². The number of amides is 1. The minimum Gasteiger partial charge on any atom is -0.497 e. The Morgan fingerprint density at radius 3 is 2.75 bits per heavy atom. The minimum atomic E-state index is -0.639. The highest BCUT2D eigenvalue weighted by Gasteiger charge is 2.19. The molecule has 0 spiro atoms. The molecule has 28 heavy (non-hydrogen) atoms. The zero-order chi connectivity index (χ0) is 19.9. The van der Waals surface area contributed by atoms with E-state index in [0.717, 1.165) is 10.0 Å². The predicted octanol–water partition coefficient (Wildman–Crippen LogP) is 3.98. The molecule has 1 atom stereocenters. The maximum absolute atomic E-state index is 12.5. The Morgan fingerprint density at radius 1 is 1.21 bits per heavy atom. The summed E-state index contributed by atoms with van der Waals surface area (Å²) in [6, 6.07) is 14.7. The van der Waals surface area contributed by atoms with Crippen LogP contribution in [0.1, 0.15) is 19.2 Å². The van der Waals surface area contributed by atoms with Crippen LogP contribution < -0.4 is 14.8 Å². The largest absolute Gasteiger partial charge is 0.497 e. The van der Waals surface area contributed by atoms with E-state index in [4.69, 9.17) is 14.0 Å². The van der Waals surface area contributed by atoms with Crippen molar-refractivity contribution in [2.24, 2.45) is 0 Å².